The third-order valence-corrected chi connectivity index (χ3v) is 3.50. The van der Waals surface area contributed by atoms with Crippen molar-refractivity contribution < 1.29 is 4.74 Å². The van der Waals surface area contributed by atoms with Gasteiger partial charge in [0, 0.05) is 18.1 Å². The van der Waals surface area contributed by atoms with Crippen LogP contribution >= 0.6 is 0 Å². The molecule has 0 atom stereocenters. The molecule has 0 amide bonds. The van der Waals surface area contributed by atoms with Gasteiger partial charge < -0.3 is 9.72 Å². The molecule has 1 fully saturated rings. The lowest BCUT2D eigenvalue weighted by molar-refractivity contribution is 0.183. The highest BCUT2D eigenvalue weighted by atomic mass is 16.5. The van der Waals surface area contributed by atoms with Crippen molar-refractivity contribution in [2.45, 2.75) is 19.3 Å². The molecule has 0 aliphatic carbocycles. The van der Waals surface area contributed by atoms with Crippen molar-refractivity contribution in [3.05, 3.63) is 24.5 Å². The fraction of sp³-hybridized carbons (Fsp3) is 0.500. The predicted octanol–water partition coefficient (Wildman–Crippen LogP) is 2.43. The fourth-order valence-corrected chi connectivity index (χ4v) is 2.47. The number of aromatic nitrogens is 2. The molecule has 1 aliphatic heterocycles. The molecule has 1 N–H and O–H groups in total. The van der Waals surface area contributed by atoms with E-state index in [1.807, 2.05) is 18.3 Å². The van der Waals surface area contributed by atoms with Gasteiger partial charge >= 0.3 is 0 Å². The average molecular weight is 245 g/mol. The number of aromatic amines is 1. The standard InChI is InChI=1S/C14H19N3O/c1-2-6-17(7-3-1)8-9-18-13-10-12-4-5-15-14(12)16-11-13/h4-5,10-11H,1-3,6-9H2,(H,15,16). The summed E-state index contributed by atoms with van der Waals surface area (Å²) >= 11 is 0. The first-order valence-electron chi connectivity index (χ1n) is 6.70. The molecule has 1 aliphatic rings. The molecule has 2 aromatic rings. The van der Waals surface area contributed by atoms with Gasteiger partial charge in [-0.1, -0.05) is 6.42 Å². The highest BCUT2D eigenvalue weighted by Gasteiger charge is 2.09. The number of H-pyrrole nitrogens is 1. The second-order valence-corrected chi connectivity index (χ2v) is 4.84. The Labute approximate surface area is 107 Å². The largest absolute Gasteiger partial charge is 0.491 e. The van der Waals surface area contributed by atoms with E-state index in [9.17, 15) is 0 Å². The molecule has 1 saturated heterocycles. The van der Waals surface area contributed by atoms with Gasteiger partial charge in [-0.05, 0) is 38.1 Å². The SMILES string of the molecule is c1cc2cc(OCCN3CCCCC3)cnc2[nH]1. The summed E-state index contributed by atoms with van der Waals surface area (Å²) in [6.07, 6.45) is 7.73. The summed E-state index contributed by atoms with van der Waals surface area (Å²) in [4.78, 5) is 9.87. The quantitative estimate of drug-likeness (QED) is 0.899. The number of piperidine rings is 1. The number of pyridine rings is 1. The van der Waals surface area contributed by atoms with Crippen LogP contribution in [-0.4, -0.2) is 41.1 Å². The van der Waals surface area contributed by atoms with E-state index in [-0.39, 0.29) is 0 Å². The molecule has 0 radical (unpaired) electrons. The molecule has 0 unspecified atom stereocenters. The molecule has 4 nitrogen and oxygen atoms in total. The van der Waals surface area contributed by atoms with Crippen molar-refractivity contribution in [3.8, 4) is 5.75 Å². The van der Waals surface area contributed by atoms with E-state index in [4.69, 9.17) is 4.74 Å². The van der Waals surface area contributed by atoms with E-state index < -0.39 is 0 Å². The Morgan fingerprint density at radius 3 is 3.06 bits per heavy atom. The van der Waals surface area contributed by atoms with Crippen molar-refractivity contribution in [2.75, 3.05) is 26.2 Å². The van der Waals surface area contributed by atoms with Crippen LogP contribution in [0.15, 0.2) is 24.5 Å². The van der Waals surface area contributed by atoms with Crippen molar-refractivity contribution in [1.82, 2.24) is 14.9 Å². The molecule has 0 spiro atoms. The first kappa shape index (κ1) is 11.5. The molecule has 3 rings (SSSR count). The highest BCUT2D eigenvalue weighted by Crippen LogP contribution is 2.17. The number of ether oxygens (including phenoxy) is 1. The van der Waals surface area contributed by atoms with Crippen LogP contribution in [0.25, 0.3) is 11.0 Å². The molecule has 2 aromatic heterocycles. The topological polar surface area (TPSA) is 41.1 Å². The van der Waals surface area contributed by atoms with Gasteiger partial charge in [-0.3, -0.25) is 4.90 Å². The summed E-state index contributed by atoms with van der Waals surface area (Å²) in [6.45, 7) is 4.21. The number of likely N-dealkylation sites (tertiary alicyclic amines) is 1. The van der Waals surface area contributed by atoms with Crippen LogP contribution in [0.5, 0.6) is 5.75 Å². The van der Waals surface area contributed by atoms with Crippen LogP contribution in [0, 0.1) is 0 Å². The Morgan fingerprint density at radius 1 is 1.28 bits per heavy atom. The average Bonchev–Trinajstić information content (AvgIpc) is 2.87. The predicted molar refractivity (Wildman–Crippen MR) is 71.9 cm³/mol. The number of nitrogens with one attached hydrogen (secondary N) is 1. The number of fused-ring (bicyclic) bond motifs is 1. The molecule has 18 heavy (non-hydrogen) atoms. The summed E-state index contributed by atoms with van der Waals surface area (Å²) in [5.74, 6) is 0.860. The molecule has 96 valence electrons. The Balaban J connectivity index is 1.52. The van der Waals surface area contributed by atoms with Crippen LogP contribution in [0.1, 0.15) is 19.3 Å². The maximum Gasteiger partial charge on any atom is 0.138 e. The third kappa shape index (κ3) is 2.64. The van der Waals surface area contributed by atoms with E-state index in [2.05, 4.69) is 14.9 Å². The number of rotatable bonds is 4. The molecular formula is C14H19N3O. The zero-order chi connectivity index (χ0) is 12.2. The maximum absolute atomic E-state index is 5.77. The first-order valence-corrected chi connectivity index (χ1v) is 6.70. The first-order chi connectivity index (χ1) is 8.92. The van der Waals surface area contributed by atoms with Crippen molar-refractivity contribution in [3.63, 3.8) is 0 Å². The van der Waals surface area contributed by atoms with E-state index in [0.29, 0.717) is 0 Å². The van der Waals surface area contributed by atoms with Crippen LogP contribution < -0.4 is 4.74 Å². The number of hydrogen-bond acceptors (Lipinski definition) is 3. The highest BCUT2D eigenvalue weighted by molar-refractivity contribution is 5.76. The number of nitrogens with zero attached hydrogens (tertiary/aromatic N) is 2. The smallest absolute Gasteiger partial charge is 0.138 e. The Morgan fingerprint density at radius 2 is 2.17 bits per heavy atom. The lowest BCUT2D eigenvalue weighted by Gasteiger charge is -2.26. The third-order valence-electron chi connectivity index (χ3n) is 3.50. The maximum atomic E-state index is 5.77. The zero-order valence-corrected chi connectivity index (χ0v) is 10.6. The second kappa shape index (κ2) is 5.40. The lowest BCUT2D eigenvalue weighted by Crippen LogP contribution is -2.33. The van der Waals surface area contributed by atoms with Crippen molar-refractivity contribution in [1.29, 1.82) is 0 Å². The monoisotopic (exact) mass is 245 g/mol. The van der Waals surface area contributed by atoms with Gasteiger partial charge in [0.05, 0.1) is 6.20 Å². The second-order valence-electron chi connectivity index (χ2n) is 4.84. The van der Waals surface area contributed by atoms with E-state index >= 15 is 0 Å². The van der Waals surface area contributed by atoms with E-state index in [0.717, 1.165) is 29.9 Å². The normalized spacial score (nSPS) is 17.1. The van der Waals surface area contributed by atoms with Crippen molar-refractivity contribution in [2.24, 2.45) is 0 Å². The lowest BCUT2D eigenvalue weighted by atomic mass is 10.1. The minimum absolute atomic E-state index is 0.748. The number of hydrogen-bond donors (Lipinski definition) is 1. The molecule has 0 saturated carbocycles. The minimum atomic E-state index is 0.748. The summed E-state index contributed by atoms with van der Waals surface area (Å²) in [5, 5.41) is 1.10. The van der Waals surface area contributed by atoms with Crippen LogP contribution in [-0.2, 0) is 0 Å². The van der Waals surface area contributed by atoms with Gasteiger partial charge in [0.1, 0.15) is 18.0 Å². The van der Waals surface area contributed by atoms with E-state index in [1.165, 1.54) is 32.4 Å². The van der Waals surface area contributed by atoms with Crippen LogP contribution in [0.4, 0.5) is 0 Å². The Hall–Kier alpha value is -1.55. The molecular weight excluding hydrogens is 226 g/mol. The van der Waals surface area contributed by atoms with Gasteiger partial charge in [0.2, 0.25) is 0 Å². The van der Waals surface area contributed by atoms with Crippen molar-refractivity contribution >= 4 is 11.0 Å². The molecule has 0 aromatic carbocycles. The van der Waals surface area contributed by atoms with Crippen LogP contribution in [0.2, 0.25) is 0 Å². The Kier molecular flexibility index (Phi) is 3.46. The van der Waals surface area contributed by atoms with Gasteiger partial charge in [-0.15, -0.1) is 0 Å². The summed E-state index contributed by atoms with van der Waals surface area (Å²) in [5.41, 5.74) is 0.915. The summed E-state index contributed by atoms with van der Waals surface area (Å²) in [7, 11) is 0. The molecule has 0 bridgehead atoms. The minimum Gasteiger partial charge on any atom is -0.491 e. The summed E-state index contributed by atoms with van der Waals surface area (Å²) in [6, 6.07) is 4.05. The van der Waals surface area contributed by atoms with Gasteiger partial charge in [-0.2, -0.15) is 0 Å². The van der Waals surface area contributed by atoms with Crippen LogP contribution in [0.3, 0.4) is 0 Å². The fourth-order valence-electron chi connectivity index (χ4n) is 2.47. The van der Waals surface area contributed by atoms with Gasteiger partial charge in [0.25, 0.3) is 0 Å². The molecule has 3 heterocycles. The van der Waals surface area contributed by atoms with Gasteiger partial charge in [0.15, 0.2) is 0 Å². The molecule has 4 heteroatoms. The zero-order valence-electron chi connectivity index (χ0n) is 10.6. The van der Waals surface area contributed by atoms with E-state index in [1.54, 1.807) is 6.20 Å². The summed E-state index contributed by atoms with van der Waals surface area (Å²) < 4.78 is 5.77. The Bertz CT molecular complexity index is 502. The van der Waals surface area contributed by atoms with Gasteiger partial charge in [-0.25, -0.2) is 4.98 Å².